The number of hydrogen-bond donors (Lipinski definition) is 1. The smallest absolute Gasteiger partial charge is 0.240 e. The van der Waals surface area contributed by atoms with E-state index in [2.05, 4.69) is 36.2 Å². The third-order valence-corrected chi connectivity index (χ3v) is 3.46. The molecule has 2 rings (SSSR count). The van der Waals surface area contributed by atoms with Crippen LogP contribution in [0.2, 0.25) is 0 Å². The predicted molar refractivity (Wildman–Crippen MR) is 65.2 cm³/mol. The van der Waals surface area contributed by atoms with Crippen LogP contribution in [0, 0.1) is 0 Å². The van der Waals surface area contributed by atoms with Crippen LogP contribution in [0.3, 0.4) is 0 Å². The van der Waals surface area contributed by atoms with Gasteiger partial charge in [0.25, 0.3) is 0 Å². The summed E-state index contributed by atoms with van der Waals surface area (Å²) in [4.78, 5) is 14.3. The first-order chi connectivity index (χ1) is 7.68. The lowest BCUT2D eigenvalue weighted by Gasteiger charge is -2.29. The number of carbonyl (C=O) groups excluding carboxylic acids is 1. The second-order valence-electron chi connectivity index (χ2n) is 5.13. The molecular formula is C13H22N2O. The van der Waals surface area contributed by atoms with E-state index in [4.69, 9.17) is 0 Å². The topological polar surface area (TPSA) is 32.3 Å². The molecule has 0 aromatic rings. The summed E-state index contributed by atoms with van der Waals surface area (Å²) in [5, 5.41) is 3.35. The van der Waals surface area contributed by atoms with E-state index in [1.807, 2.05) is 0 Å². The Morgan fingerprint density at radius 3 is 2.81 bits per heavy atom. The number of nitrogens with zero attached hydrogens (tertiary/aromatic N) is 1. The van der Waals surface area contributed by atoms with Crippen LogP contribution in [0.5, 0.6) is 0 Å². The molecule has 2 aliphatic rings. The second-order valence-corrected chi connectivity index (χ2v) is 5.13. The molecule has 1 aliphatic carbocycles. The Bertz CT molecular complexity index is 286. The van der Waals surface area contributed by atoms with Gasteiger partial charge in [-0.1, -0.05) is 26.0 Å². The van der Waals surface area contributed by atoms with E-state index >= 15 is 0 Å². The SMILES string of the molecule is CC(C)NC1CCN(C2CC=CCC2)C1=O. The molecule has 1 N–H and O–H groups in total. The van der Waals surface area contributed by atoms with E-state index in [1.165, 1.54) is 0 Å². The van der Waals surface area contributed by atoms with Crippen molar-refractivity contribution in [2.24, 2.45) is 0 Å². The first kappa shape index (κ1) is 11.6. The highest BCUT2D eigenvalue weighted by Crippen LogP contribution is 2.23. The Labute approximate surface area is 97.9 Å². The second kappa shape index (κ2) is 5.00. The lowest BCUT2D eigenvalue weighted by Crippen LogP contribution is -2.44. The molecule has 1 amide bonds. The molecule has 2 unspecified atom stereocenters. The van der Waals surface area contributed by atoms with E-state index < -0.39 is 0 Å². The molecule has 3 nitrogen and oxygen atoms in total. The minimum Gasteiger partial charge on any atom is -0.338 e. The molecule has 0 spiro atoms. The first-order valence-electron chi connectivity index (χ1n) is 6.40. The molecule has 2 atom stereocenters. The highest BCUT2D eigenvalue weighted by Gasteiger charge is 2.35. The van der Waals surface area contributed by atoms with Gasteiger partial charge in [-0.15, -0.1) is 0 Å². The largest absolute Gasteiger partial charge is 0.338 e. The van der Waals surface area contributed by atoms with Gasteiger partial charge >= 0.3 is 0 Å². The molecule has 0 aromatic heterocycles. The van der Waals surface area contributed by atoms with Crippen molar-refractivity contribution in [2.45, 2.75) is 57.7 Å². The summed E-state index contributed by atoms with van der Waals surface area (Å²) in [6, 6.07) is 0.905. The van der Waals surface area contributed by atoms with E-state index in [9.17, 15) is 4.79 Å². The minimum atomic E-state index is 0.0610. The summed E-state index contributed by atoms with van der Waals surface area (Å²) in [7, 11) is 0. The summed E-state index contributed by atoms with van der Waals surface area (Å²) in [5.41, 5.74) is 0. The van der Waals surface area contributed by atoms with Crippen molar-refractivity contribution in [2.75, 3.05) is 6.54 Å². The summed E-state index contributed by atoms with van der Waals surface area (Å²) in [6.07, 6.45) is 8.70. The predicted octanol–water partition coefficient (Wildman–Crippen LogP) is 1.69. The van der Waals surface area contributed by atoms with Crippen LogP contribution in [0.1, 0.15) is 39.5 Å². The molecule has 90 valence electrons. The molecule has 1 aliphatic heterocycles. The quantitative estimate of drug-likeness (QED) is 0.737. The fourth-order valence-corrected chi connectivity index (χ4v) is 2.68. The molecule has 16 heavy (non-hydrogen) atoms. The van der Waals surface area contributed by atoms with Gasteiger partial charge < -0.3 is 10.2 Å². The van der Waals surface area contributed by atoms with Gasteiger partial charge in [-0.05, 0) is 25.7 Å². The van der Waals surface area contributed by atoms with E-state index in [0.717, 1.165) is 32.2 Å². The van der Waals surface area contributed by atoms with Crippen molar-refractivity contribution in [1.29, 1.82) is 0 Å². The number of hydrogen-bond acceptors (Lipinski definition) is 2. The summed E-state index contributed by atoms with van der Waals surface area (Å²) in [6.45, 7) is 5.13. The van der Waals surface area contributed by atoms with Crippen molar-refractivity contribution >= 4 is 5.91 Å². The lowest BCUT2D eigenvalue weighted by molar-refractivity contribution is -0.131. The minimum absolute atomic E-state index is 0.0610. The standard InChI is InChI=1S/C13H22N2O/c1-10(2)14-12-8-9-15(13(12)16)11-6-4-3-5-7-11/h3-4,10-12,14H,5-9H2,1-2H3. The van der Waals surface area contributed by atoms with Crippen LogP contribution in [-0.2, 0) is 4.79 Å². The first-order valence-corrected chi connectivity index (χ1v) is 6.40. The van der Waals surface area contributed by atoms with Crippen LogP contribution in [0.4, 0.5) is 0 Å². The Hall–Kier alpha value is -0.830. The van der Waals surface area contributed by atoms with E-state index in [1.54, 1.807) is 0 Å². The Morgan fingerprint density at radius 2 is 2.19 bits per heavy atom. The summed E-state index contributed by atoms with van der Waals surface area (Å²) < 4.78 is 0. The van der Waals surface area contributed by atoms with Crippen LogP contribution in [0.25, 0.3) is 0 Å². The van der Waals surface area contributed by atoms with Crippen LogP contribution in [0.15, 0.2) is 12.2 Å². The van der Waals surface area contributed by atoms with Gasteiger partial charge in [0, 0.05) is 18.6 Å². The monoisotopic (exact) mass is 222 g/mol. The average molecular weight is 222 g/mol. The highest BCUT2D eigenvalue weighted by molar-refractivity contribution is 5.84. The molecular weight excluding hydrogens is 200 g/mol. The fraction of sp³-hybridized carbons (Fsp3) is 0.769. The molecule has 0 radical (unpaired) electrons. The normalized spacial score (nSPS) is 30.4. The molecule has 0 aromatic carbocycles. The van der Waals surface area contributed by atoms with Crippen molar-refractivity contribution in [1.82, 2.24) is 10.2 Å². The maximum absolute atomic E-state index is 12.2. The van der Waals surface area contributed by atoms with Gasteiger partial charge in [-0.25, -0.2) is 0 Å². The average Bonchev–Trinajstić information content (AvgIpc) is 2.61. The van der Waals surface area contributed by atoms with Gasteiger partial charge in [0.1, 0.15) is 0 Å². The zero-order valence-electron chi connectivity index (χ0n) is 10.3. The van der Waals surface area contributed by atoms with Crippen molar-refractivity contribution in [3.05, 3.63) is 12.2 Å². The zero-order chi connectivity index (χ0) is 11.5. The summed E-state index contributed by atoms with van der Waals surface area (Å²) in [5.74, 6) is 0.314. The van der Waals surface area contributed by atoms with Crippen LogP contribution in [-0.4, -0.2) is 35.5 Å². The fourth-order valence-electron chi connectivity index (χ4n) is 2.68. The molecule has 0 saturated carbocycles. The highest BCUT2D eigenvalue weighted by atomic mass is 16.2. The molecule has 1 saturated heterocycles. The molecule has 1 heterocycles. The van der Waals surface area contributed by atoms with Crippen molar-refractivity contribution in [3.8, 4) is 0 Å². The number of likely N-dealkylation sites (tertiary alicyclic amines) is 1. The Morgan fingerprint density at radius 1 is 1.38 bits per heavy atom. The Kier molecular flexibility index (Phi) is 3.64. The number of amides is 1. The maximum Gasteiger partial charge on any atom is 0.240 e. The third-order valence-electron chi connectivity index (χ3n) is 3.46. The Balaban J connectivity index is 1.93. The van der Waals surface area contributed by atoms with E-state index in [0.29, 0.717) is 18.0 Å². The number of nitrogens with one attached hydrogen (secondary N) is 1. The molecule has 0 bridgehead atoms. The number of allylic oxidation sites excluding steroid dienone is 1. The van der Waals surface area contributed by atoms with E-state index in [-0.39, 0.29) is 6.04 Å². The van der Waals surface area contributed by atoms with Gasteiger partial charge in [0.2, 0.25) is 5.91 Å². The van der Waals surface area contributed by atoms with Crippen LogP contribution >= 0.6 is 0 Å². The van der Waals surface area contributed by atoms with Crippen molar-refractivity contribution < 1.29 is 4.79 Å². The summed E-state index contributed by atoms with van der Waals surface area (Å²) >= 11 is 0. The van der Waals surface area contributed by atoms with Gasteiger partial charge in [-0.2, -0.15) is 0 Å². The zero-order valence-corrected chi connectivity index (χ0v) is 10.3. The van der Waals surface area contributed by atoms with Gasteiger partial charge in [0.15, 0.2) is 0 Å². The molecule has 3 heteroatoms. The lowest BCUT2D eigenvalue weighted by atomic mass is 10.0. The van der Waals surface area contributed by atoms with Crippen molar-refractivity contribution in [3.63, 3.8) is 0 Å². The number of rotatable bonds is 3. The third kappa shape index (κ3) is 2.46. The van der Waals surface area contributed by atoms with Crippen LogP contribution < -0.4 is 5.32 Å². The van der Waals surface area contributed by atoms with Gasteiger partial charge in [0.05, 0.1) is 6.04 Å². The van der Waals surface area contributed by atoms with Gasteiger partial charge in [-0.3, -0.25) is 4.79 Å². The maximum atomic E-state index is 12.2. The number of carbonyl (C=O) groups is 1. The molecule has 1 fully saturated rings.